The Labute approximate surface area is 143 Å². The first-order valence-electron chi connectivity index (χ1n) is 6.53. The summed E-state index contributed by atoms with van der Waals surface area (Å²) < 4.78 is 24.8. The maximum absolute atomic E-state index is 11.7. The van der Waals surface area contributed by atoms with Crippen LogP contribution in [0.5, 0.6) is 0 Å². The van der Waals surface area contributed by atoms with Gasteiger partial charge in [0.25, 0.3) is 0 Å². The summed E-state index contributed by atoms with van der Waals surface area (Å²) in [6.07, 6.45) is 2.61. The number of sulfone groups is 1. The Balaban J connectivity index is 2.56. The number of carbonyl (C=O) groups excluding carboxylic acids is 1. The van der Waals surface area contributed by atoms with E-state index in [0.717, 1.165) is 6.26 Å². The van der Waals surface area contributed by atoms with E-state index in [2.05, 4.69) is 0 Å². The van der Waals surface area contributed by atoms with Crippen LogP contribution in [0.4, 0.5) is 0 Å². The first-order valence-corrected chi connectivity index (χ1v) is 9.18. The predicted octanol–water partition coefficient (Wildman–Crippen LogP) is 2.93. The molecule has 0 amide bonds. The summed E-state index contributed by atoms with van der Waals surface area (Å²) in [7, 11) is -3.37. The Morgan fingerprint density at radius 3 is 2.48 bits per heavy atom. The lowest BCUT2D eigenvalue weighted by atomic mass is 10.2. The third-order valence-electron chi connectivity index (χ3n) is 3.27. The monoisotopic (exact) mass is 372 g/mol. The quantitative estimate of drug-likeness (QED) is 0.837. The molecule has 0 saturated heterocycles. The lowest BCUT2D eigenvalue weighted by Gasteiger charge is -2.12. The zero-order chi connectivity index (χ0) is 17.4. The van der Waals surface area contributed by atoms with Crippen molar-refractivity contribution in [2.45, 2.75) is 18.4 Å². The van der Waals surface area contributed by atoms with Crippen LogP contribution >= 0.6 is 23.2 Å². The molecule has 0 aliphatic rings. The molecule has 1 N–H and O–H groups in total. The van der Waals surface area contributed by atoms with E-state index in [1.165, 1.54) is 42.0 Å². The van der Waals surface area contributed by atoms with E-state index >= 15 is 0 Å². The van der Waals surface area contributed by atoms with E-state index in [-0.39, 0.29) is 28.3 Å². The second-order valence-electron chi connectivity index (χ2n) is 5.13. The molecule has 0 unspecified atom stereocenters. The summed E-state index contributed by atoms with van der Waals surface area (Å²) in [6, 6.07) is 5.80. The summed E-state index contributed by atoms with van der Waals surface area (Å²) >= 11 is 12.1. The van der Waals surface area contributed by atoms with Gasteiger partial charge in [0.15, 0.2) is 15.6 Å². The van der Waals surface area contributed by atoms with Gasteiger partial charge in [-0.3, -0.25) is 10.2 Å². The molecule has 2 rings (SSSR count). The predicted molar refractivity (Wildman–Crippen MR) is 89.0 cm³/mol. The number of Topliss-reactive ketones (excluding diaryl/α,β-unsaturated/α-hetero) is 1. The van der Waals surface area contributed by atoms with Crippen molar-refractivity contribution in [2.24, 2.45) is 0 Å². The van der Waals surface area contributed by atoms with Crippen LogP contribution in [0.1, 0.15) is 22.8 Å². The molecule has 8 heteroatoms. The minimum absolute atomic E-state index is 0.0114. The number of hydrogen-bond acceptors (Lipinski definition) is 4. The lowest BCUT2D eigenvalue weighted by molar-refractivity contribution is 0.101. The third-order valence-corrected chi connectivity index (χ3v) is 4.95. The van der Waals surface area contributed by atoms with Gasteiger partial charge in [0.1, 0.15) is 5.49 Å². The summed E-state index contributed by atoms with van der Waals surface area (Å²) in [5, 5.41) is 8.77. The van der Waals surface area contributed by atoms with Gasteiger partial charge in [-0.05, 0) is 36.8 Å². The SMILES string of the molecule is CC(=O)c1cc(Cl)cn(Cc2cc(S(C)(=O)=O)ccc2Cl)c1=N. The van der Waals surface area contributed by atoms with Crippen LogP contribution in [-0.2, 0) is 16.4 Å². The first-order chi connectivity index (χ1) is 10.6. The summed E-state index contributed by atoms with van der Waals surface area (Å²) in [5.74, 6) is -0.276. The molecular weight excluding hydrogens is 359 g/mol. The van der Waals surface area contributed by atoms with Crippen LogP contribution in [0.15, 0.2) is 35.4 Å². The number of halogens is 2. The number of pyridine rings is 1. The van der Waals surface area contributed by atoms with Gasteiger partial charge in [0.2, 0.25) is 0 Å². The van der Waals surface area contributed by atoms with Crippen LogP contribution < -0.4 is 5.49 Å². The van der Waals surface area contributed by atoms with Crippen molar-refractivity contribution in [2.75, 3.05) is 6.26 Å². The van der Waals surface area contributed by atoms with Crippen molar-refractivity contribution in [3.8, 4) is 0 Å². The van der Waals surface area contributed by atoms with Crippen molar-refractivity contribution in [3.05, 3.63) is 57.1 Å². The molecule has 23 heavy (non-hydrogen) atoms. The number of nitrogens with zero attached hydrogens (tertiary/aromatic N) is 1. The molecule has 0 bridgehead atoms. The van der Waals surface area contributed by atoms with Crippen LogP contribution in [0.3, 0.4) is 0 Å². The Bertz CT molecular complexity index is 950. The normalized spacial score (nSPS) is 11.5. The molecular formula is C15H14Cl2N2O3S. The van der Waals surface area contributed by atoms with Crippen molar-refractivity contribution in [1.82, 2.24) is 4.57 Å². The van der Waals surface area contributed by atoms with E-state index in [0.29, 0.717) is 15.6 Å². The Hall–Kier alpha value is -1.63. The summed E-state index contributed by atoms with van der Waals surface area (Å²) in [4.78, 5) is 11.7. The molecule has 0 radical (unpaired) electrons. The number of carbonyl (C=O) groups is 1. The van der Waals surface area contributed by atoms with Crippen LogP contribution in [-0.4, -0.2) is 25.0 Å². The van der Waals surface area contributed by atoms with Gasteiger partial charge in [0.05, 0.1) is 22.0 Å². The van der Waals surface area contributed by atoms with E-state index < -0.39 is 9.84 Å². The highest BCUT2D eigenvalue weighted by molar-refractivity contribution is 7.90. The van der Waals surface area contributed by atoms with Crippen LogP contribution in [0, 0.1) is 5.41 Å². The molecule has 1 aromatic heterocycles. The van der Waals surface area contributed by atoms with Gasteiger partial charge < -0.3 is 4.57 Å². The Morgan fingerprint density at radius 2 is 1.91 bits per heavy atom. The zero-order valence-corrected chi connectivity index (χ0v) is 14.8. The Kier molecular flexibility index (Phi) is 4.98. The number of nitrogens with one attached hydrogen (secondary N) is 1. The van der Waals surface area contributed by atoms with Crippen LogP contribution in [0.2, 0.25) is 10.0 Å². The molecule has 0 fully saturated rings. The maximum Gasteiger partial charge on any atom is 0.175 e. The fourth-order valence-electron chi connectivity index (χ4n) is 2.09. The molecule has 0 saturated carbocycles. The number of hydrogen-bond donors (Lipinski definition) is 1. The number of rotatable bonds is 4. The molecule has 1 heterocycles. The molecule has 0 spiro atoms. The van der Waals surface area contributed by atoms with Crippen molar-refractivity contribution >= 4 is 38.8 Å². The highest BCUT2D eigenvalue weighted by atomic mass is 35.5. The number of aromatic nitrogens is 1. The standard InChI is InChI=1S/C15H14Cl2N2O3S/c1-9(20)13-6-11(16)8-19(15(13)18)7-10-5-12(23(2,21)22)3-4-14(10)17/h3-6,8,18H,7H2,1-2H3. The average Bonchev–Trinajstić information content (AvgIpc) is 2.43. The van der Waals surface area contributed by atoms with Crippen LogP contribution in [0.25, 0.3) is 0 Å². The number of ketones is 1. The second-order valence-corrected chi connectivity index (χ2v) is 7.99. The largest absolute Gasteiger partial charge is 0.327 e. The third kappa shape index (κ3) is 4.02. The first kappa shape index (κ1) is 17.7. The Morgan fingerprint density at radius 1 is 1.26 bits per heavy atom. The van der Waals surface area contributed by atoms with E-state index in [9.17, 15) is 13.2 Å². The van der Waals surface area contributed by atoms with E-state index in [1.807, 2.05) is 0 Å². The van der Waals surface area contributed by atoms with E-state index in [4.69, 9.17) is 28.6 Å². The maximum atomic E-state index is 11.7. The molecule has 5 nitrogen and oxygen atoms in total. The lowest BCUT2D eigenvalue weighted by Crippen LogP contribution is -2.26. The fourth-order valence-corrected chi connectivity index (χ4v) is 3.17. The molecule has 2 aromatic rings. The van der Waals surface area contributed by atoms with Gasteiger partial charge in [-0.25, -0.2) is 8.42 Å². The summed E-state index contributed by atoms with van der Waals surface area (Å²) in [5.41, 5.74) is 0.695. The highest BCUT2D eigenvalue weighted by Gasteiger charge is 2.13. The van der Waals surface area contributed by atoms with Crippen molar-refractivity contribution < 1.29 is 13.2 Å². The molecule has 1 aromatic carbocycles. The molecule has 0 atom stereocenters. The summed E-state index contributed by atoms with van der Waals surface area (Å²) in [6.45, 7) is 1.48. The van der Waals surface area contributed by atoms with Gasteiger partial charge in [-0.1, -0.05) is 23.2 Å². The van der Waals surface area contributed by atoms with E-state index in [1.54, 1.807) is 0 Å². The van der Waals surface area contributed by atoms with Gasteiger partial charge in [-0.2, -0.15) is 0 Å². The fraction of sp³-hybridized carbons (Fsp3) is 0.200. The number of benzene rings is 1. The zero-order valence-electron chi connectivity index (χ0n) is 12.4. The second kappa shape index (κ2) is 6.47. The molecule has 122 valence electrons. The van der Waals surface area contributed by atoms with Gasteiger partial charge in [-0.15, -0.1) is 0 Å². The smallest absolute Gasteiger partial charge is 0.175 e. The molecule has 0 aliphatic carbocycles. The highest BCUT2D eigenvalue weighted by Crippen LogP contribution is 2.21. The van der Waals surface area contributed by atoms with Gasteiger partial charge >= 0.3 is 0 Å². The molecule has 0 aliphatic heterocycles. The average molecular weight is 373 g/mol. The minimum Gasteiger partial charge on any atom is -0.327 e. The van der Waals surface area contributed by atoms with Crippen molar-refractivity contribution in [3.63, 3.8) is 0 Å². The van der Waals surface area contributed by atoms with Gasteiger partial charge in [0, 0.05) is 17.5 Å². The van der Waals surface area contributed by atoms with Crippen molar-refractivity contribution in [1.29, 1.82) is 5.41 Å². The minimum atomic E-state index is -3.37. The topological polar surface area (TPSA) is 80.0 Å².